The number of piperidine rings is 1. The summed E-state index contributed by atoms with van der Waals surface area (Å²) < 4.78 is 1.97. The van der Waals surface area contributed by atoms with Gasteiger partial charge in [-0.15, -0.1) is 0 Å². The van der Waals surface area contributed by atoms with Crippen molar-refractivity contribution >= 4 is 6.03 Å². The highest BCUT2D eigenvalue weighted by atomic mass is 16.2. The minimum absolute atomic E-state index is 0.0658. The summed E-state index contributed by atoms with van der Waals surface area (Å²) in [6.07, 6.45) is 9.38. The van der Waals surface area contributed by atoms with Gasteiger partial charge < -0.3 is 14.8 Å². The van der Waals surface area contributed by atoms with E-state index in [1.165, 1.54) is 25.8 Å². The van der Waals surface area contributed by atoms with Crippen molar-refractivity contribution in [1.82, 2.24) is 24.7 Å². The van der Waals surface area contributed by atoms with Gasteiger partial charge in [0.25, 0.3) is 0 Å². The number of carbonyl (C=O) groups is 1. The van der Waals surface area contributed by atoms with Gasteiger partial charge >= 0.3 is 6.03 Å². The van der Waals surface area contributed by atoms with E-state index >= 15 is 0 Å². The minimum Gasteiger partial charge on any atom is -0.336 e. The Bertz CT molecular complexity index is 455. The Morgan fingerprint density at radius 2 is 2.24 bits per heavy atom. The molecule has 0 spiro atoms. The number of nitrogens with zero attached hydrogens (tertiary/aromatic N) is 4. The van der Waals surface area contributed by atoms with Crippen molar-refractivity contribution in [2.45, 2.75) is 44.8 Å². The average molecular weight is 291 g/mol. The molecule has 2 fully saturated rings. The molecule has 2 aliphatic heterocycles. The van der Waals surface area contributed by atoms with Crippen molar-refractivity contribution < 1.29 is 4.79 Å². The molecule has 1 aromatic rings. The van der Waals surface area contributed by atoms with E-state index in [9.17, 15) is 4.79 Å². The maximum Gasteiger partial charge on any atom is 0.317 e. The monoisotopic (exact) mass is 291 g/mol. The first-order chi connectivity index (χ1) is 10.2. The minimum atomic E-state index is 0.0658. The lowest BCUT2D eigenvalue weighted by atomic mass is 9.98. The van der Waals surface area contributed by atoms with Crippen LogP contribution in [0.5, 0.6) is 0 Å². The van der Waals surface area contributed by atoms with Gasteiger partial charge in [-0.2, -0.15) is 0 Å². The number of hydrogen-bond donors (Lipinski definition) is 1. The lowest BCUT2D eigenvalue weighted by Crippen LogP contribution is -2.65. The number of carbonyl (C=O) groups excluding carboxylic acids is 1. The lowest BCUT2D eigenvalue weighted by molar-refractivity contribution is 0.0169. The second kappa shape index (κ2) is 6.47. The van der Waals surface area contributed by atoms with E-state index in [-0.39, 0.29) is 6.03 Å². The molecule has 3 heterocycles. The summed E-state index contributed by atoms with van der Waals surface area (Å²) in [5, 5.41) is 2.98. The largest absolute Gasteiger partial charge is 0.336 e. The Labute approximate surface area is 126 Å². The van der Waals surface area contributed by atoms with Crippen molar-refractivity contribution in [3.8, 4) is 0 Å². The fourth-order valence-corrected chi connectivity index (χ4v) is 3.32. The number of amides is 2. The van der Waals surface area contributed by atoms with Crippen LogP contribution in [-0.4, -0.2) is 63.6 Å². The first-order valence-corrected chi connectivity index (χ1v) is 7.98. The summed E-state index contributed by atoms with van der Waals surface area (Å²) in [4.78, 5) is 20.5. The number of rotatable bonds is 4. The molecule has 116 valence electrons. The first-order valence-electron chi connectivity index (χ1n) is 7.98. The quantitative estimate of drug-likeness (QED) is 0.905. The number of hydrogen-bond acceptors (Lipinski definition) is 3. The first kappa shape index (κ1) is 14.4. The molecule has 1 N–H and O–H groups in total. The van der Waals surface area contributed by atoms with E-state index in [0.717, 1.165) is 19.6 Å². The maximum absolute atomic E-state index is 12.0. The van der Waals surface area contributed by atoms with Crippen molar-refractivity contribution in [2.75, 3.05) is 26.2 Å². The van der Waals surface area contributed by atoms with Gasteiger partial charge in [-0.25, -0.2) is 9.78 Å². The van der Waals surface area contributed by atoms with Crippen molar-refractivity contribution in [1.29, 1.82) is 0 Å². The Kier molecular flexibility index (Phi) is 4.43. The van der Waals surface area contributed by atoms with Crippen LogP contribution in [0.2, 0.25) is 0 Å². The van der Waals surface area contributed by atoms with Crippen LogP contribution in [0.3, 0.4) is 0 Å². The topological polar surface area (TPSA) is 53.4 Å². The molecule has 3 rings (SSSR count). The summed E-state index contributed by atoms with van der Waals surface area (Å²) in [5.41, 5.74) is 0. The van der Waals surface area contributed by atoms with E-state index < -0.39 is 0 Å². The zero-order valence-corrected chi connectivity index (χ0v) is 12.7. The molecule has 0 radical (unpaired) electrons. The number of likely N-dealkylation sites (tertiary alicyclic amines) is 2. The molecule has 0 aliphatic carbocycles. The Morgan fingerprint density at radius 3 is 2.95 bits per heavy atom. The van der Waals surface area contributed by atoms with Gasteiger partial charge in [-0.3, -0.25) is 4.90 Å². The van der Waals surface area contributed by atoms with E-state index in [2.05, 4.69) is 22.1 Å². The highest BCUT2D eigenvalue weighted by Crippen LogP contribution is 2.24. The molecule has 2 amide bonds. The van der Waals surface area contributed by atoms with E-state index in [1.54, 1.807) is 12.5 Å². The van der Waals surface area contributed by atoms with E-state index in [4.69, 9.17) is 0 Å². The van der Waals surface area contributed by atoms with E-state index in [0.29, 0.717) is 18.6 Å². The fraction of sp³-hybridized carbons (Fsp3) is 0.733. The molecule has 6 nitrogen and oxygen atoms in total. The number of imidazole rings is 1. The highest BCUT2D eigenvalue weighted by molar-refractivity contribution is 5.75. The van der Waals surface area contributed by atoms with Crippen LogP contribution < -0.4 is 5.32 Å². The predicted molar refractivity (Wildman–Crippen MR) is 81.0 cm³/mol. The maximum atomic E-state index is 12.0. The molecule has 1 unspecified atom stereocenters. The average Bonchev–Trinajstić information content (AvgIpc) is 2.92. The number of aromatic nitrogens is 2. The molecular formula is C15H25N5O. The Balaban J connectivity index is 1.36. The van der Waals surface area contributed by atoms with Crippen molar-refractivity contribution in [2.24, 2.45) is 0 Å². The van der Waals surface area contributed by atoms with Crippen LogP contribution >= 0.6 is 0 Å². The van der Waals surface area contributed by atoms with Gasteiger partial charge in [-0.1, -0.05) is 6.42 Å². The molecular weight excluding hydrogens is 266 g/mol. The molecule has 21 heavy (non-hydrogen) atoms. The third kappa shape index (κ3) is 3.37. The zero-order valence-electron chi connectivity index (χ0n) is 12.7. The number of urea groups is 1. The molecule has 1 atom stereocenters. The van der Waals surface area contributed by atoms with Crippen LogP contribution in [-0.2, 0) is 6.54 Å². The van der Waals surface area contributed by atoms with Gasteiger partial charge in [0, 0.05) is 50.7 Å². The van der Waals surface area contributed by atoms with Crippen molar-refractivity contribution in [3.05, 3.63) is 18.7 Å². The summed E-state index contributed by atoms with van der Waals surface area (Å²) in [5.74, 6) is 0. The molecule has 0 aromatic carbocycles. The van der Waals surface area contributed by atoms with Gasteiger partial charge in [0.1, 0.15) is 0 Å². The van der Waals surface area contributed by atoms with E-state index in [1.807, 2.05) is 15.7 Å². The third-order valence-corrected chi connectivity index (χ3v) is 4.68. The van der Waals surface area contributed by atoms with Crippen LogP contribution in [0.1, 0.15) is 26.2 Å². The summed E-state index contributed by atoms with van der Waals surface area (Å²) >= 11 is 0. The second-order valence-electron chi connectivity index (χ2n) is 6.17. The van der Waals surface area contributed by atoms with Crippen LogP contribution in [0.4, 0.5) is 4.79 Å². The molecule has 1 aromatic heterocycles. The van der Waals surface area contributed by atoms with Crippen LogP contribution in [0.25, 0.3) is 0 Å². The second-order valence-corrected chi connectivity index (χ2v) is 6.17. The smallest absolute Gasteiger partial charge is 0.317 e. The molecule has 0 saturated carbocycles. The zero-order chi connectivity index (χ0) is 14.7. The van der Waals surface area contributed by atoms with Crippen LogP contribution in [0.15, 0.2) is 18.7 Å². The molecule has 2 aliphatic rings. The lowest BCUT2D eigenvalue weighted by Gasteiger charge is -2.49. The Morgan fingerprint density at radius 1 is 1.38 bits per heavy atom. The van der Waals surface area contributed by atoms with Gasteiger partial charge in [-0.05, 0) is 26.3 Å². The third-order valence-electron chi connectivity index (χ3n) is 4.68. The normalized spacial score (nSPS) is 23.9. The fourth-order valence-electron chi connectivity index (χ4n) is 3.32. The molecule has 2 saturated heterocycles. The highest BCUT2D eigenvalue weighted by Gasteiger charge is 2.37. The molecule has 6 heteroatoms. The SMILES string of the molecule is CC1CCCCN1C1CN(C(=O)NCCn2ccnc2)C1. The number of nitrogens with one attached hydrogen (secondary N) is 1. The molecule has 0 bridgehead atoms. The summed E-state index contributed by atoms with van der Waals surface area (Å²) in [6.45, 7) is 6.68. The Hall–Kier alpha value is -1.56. The van der Waals surface area contributed by atoms with Gasteiger partial charge in [0.15, 0.2) is 0 Å². The van der Waals surface area contributed by atoms with Gasteiger partial charge in [0.05, 0.1) is 6.33 Å². The van der Waals surface area contributed by atoms with Crippen molar-refractivity contribution in [3.63, 3.8) is 0 Å². The van der Waals surface area contributed by atoms with Gasteiger partial charge in [0.2, 0.25) is 0 Å². The summed E-state index contributed by atoms with van der Waals surface area (Å²) in [6, 6.07) is 1.31. The predicted octanol–water partition coefficient (Wildman–Crippen LogP) is 1.15. The van der Waals surface area contributed by atoms with Crippen LogP contribution in [0, 0.1) is 0 Å². The standard InChI is InChI=1S/C15H25N5O/c1-13-4-2-3-7-20(13)14-10-19(11-14)15(21)17-6-9-18-8-5-16-12-18/h5,8,12-14H,2-4,6-7,9-11H2,1H3,(H,17,21). The summed E-state index contributed by atoms with van der Waals surface area (Å²) in [7, 11) is 0.